The first-order chi connectivity index (χ1) is 15.4. The van der Waals surface area contributed by atoms with Crippen molar-refractivity contribution in [3.8, 4) is 5.75 Å². The van der Waals surface area contributed by atoms with Crippen LogP contribution in [0.4, 0.5) is 5.82 Å². The SMILES string of the molecule is O=C(Nc1ccn(Cc2c(Cl)cccc2Cl)n1)c1ccc(COc2ccc(Br)cc2Cl)o1. The zero-order chi connectivity index (χ0) is 22.7. The number of furan rings is 1. The first-order valence-electron chi connectivity index (χ1n) is 9.33. The van der Waals surface area contributed by atoms with Crippen molar-refractivity contribution in [2.24, 2.45) is 0 Å². The van der Waals surface area contributed by atoms with Gasteiger partial charge in [-0.2, -0.15) is 5.10 Å². The molecule has 0 radical (unpaired) electrons. The van der Waals surface area contributed by atoms with Crippen LogP contribution in [0.3, 0.4) is 0 Å². The Balaban J connectivity index is 1.36. The molecular weight excluding hydrogens is 541 g/mol. The van der Waals surface area contributed by atoms with Crippen molar-refractivity contribution in [3.05, 3.63) is 97.4 Å². The van der Waals surface area contributed by atoms with Gasteiger partial charge in [0.15, 0.2) is 11.6 Å². The molecular formula is C22H15BrCl3N3O3. The molecule has 32 heavy (non-hydrogen) atoms. The number of amides is 1. The van der Waals surface area contributed by atoms with Gasteiger partial charge in [0.2, 0.25) is 0 Å². The van der Waals surface area contributed by atoms with Crippen molar-refractivity contribution in [1.29, 1.82) is 0 Å². The zero-order valence-corrected chi connectivity index (χ0v) is 20.2. The van der Waals surface area contributed by atoms with E-state index in [9.17, 15) is 4.79 Å². The molecule has 0 aliphatic rings. The highest BCUT2D eigenvalue weighted by atomic mass is 79.9. The topological polar surface area (TPSA) is 69.3 Å². The third-order valence-corrected chi connectivity index (χ3v) is 5.91. The minimum Gasteiger partial charge on any atom is -0.484 e. The normalized spacial score (nSPS) is 10.9. The van der Waals surface area contributed by atoms with E-state index < -0.39 is 5.91 Å². The lowest BCUT2D eigenvalue weighted by Gasteiger charge is -2.07. The summed E-state index contributed by atoms with van der Waals surface area (Å²) in [6, 6.07) is 15.5. The highest BCUT2D eigenvalue weighted by Gasteiger charge is 2.14. The summed E-state index contributed by atoms with van der Waals surface area (Å²) in [6.45, 7) is 0.497. The van der Waals surface area contributed by atoms with Gasteiger partial charge < -0.3 is 14.5 Å². The maximum absolute atomic E-state index is 12.5. The van der Waals surface area contributed by atoms with Gasteiger partial charge in [-0.05, 0) is 42.5 Å². The minimum absolute atomic E-state index is 0.127. The number of halogens is 4. The summed E-state index contributed by atoms with van der Waals surface area (Å²) in [5, 5.41) is 8.60. The second kappa shape index (κ2) is 10.0. The van der Waals surface area contributed by atoms with Crippen molar-refractivity contribution in [2.45, 2.75) is 13.2 Å². The maximum Gasteiger partial charge on any atom is 0.292 e. The molecule has 10 heteroatoms. The van der Waals surface area contributed by atoms with E-state index in [1.807, 2.05) is 6.07 Å². The zero-order valence-electron chi connectivity index (χ0n) is 16.3. The van der Waals surface area contributed by atoms with Gasteiger partial charge in [-0.3, -0.25) is 9.48 Å². The van der Waals surface area contributed by atoms with Gasteiger partial charge in [-0.25, -0.2) is 0 Å². The standard InChI is InChI=1S/C22H15BrCl3N3O3/c23-13-4-6-19(18(26)10-13)31-12-14-5-7-20(32-14)22(30)27-21-8-9-29(28-21)11-15-16(24)2-1-3-17(15)25/h1-10H,11-12H2,(H,27,28,30). The molecule has 164 valence electrons. The van der Waals surface area contributed by atoms with Gasteiger partial charge in [-0.15, -0.1) is 0 Å². The van der Waals surface area contributed by atoms with E-state index in [0.29, 0.717) is 38.9 Å². The van der Waals surface area contributed by atoms with Crippen LogP contribution in [0.5, 0.6) is 5.75 Å². The molecule has 0 bridgehead atoms. The van der Waals surface area contributed by atoms with Gasteiger partial charge in [0.25, 0.3) is 5.91 Å². The lowest BCUT2D eigenvalue weighted by molar-refractivity contribution is 0.0992. The van der Waals surface area contributed by atoms with Crippen molar-refractivity contribution >= 4 is 62.5 Å². The fourth-order valence-corrected chi connectivity index (χ4v) is 4.10. The first kappa shape index (κ1) is 22.7. The number of aromatic nitrogens is 2. The van der Waals surface area contributed by atoms with Crippen LogP contribution in [0.15, 0.2) is 69.7 Å². The summed E-state index contributed by atoms with van der Waals surface area (Å²) in [7, 11) is 0. The summed E-state index contributed by atoms with van der Waals surface area (Å²) >= 11 is 21.9. The summed E-state index contributed by atoms with van der Waals surface area (Å²) in [5.74, 6) is 1.07. The molecule has 0 atom stereocenters. The minimum atomic E-state index is -0.432. The number of rotatable bonds is 7. The van der Waals surface area contributed by atoms with E-state index in [0.717, 1.165) is 10.0 Å². The number of hydrogen-bond donors (Lipinski definition) is 1. The molecule has 1 N–H and O–H groups in total. The van der Waals surface area contributed by atoms with Crippen molar-refractivity contribution < 1.29 is 13.9 Å². The first-order valence-corrected chi connectivity index (χ1v) is 11.3. The van der Waals surface area contributed by atoms with Crippen LogP contribution < -0.4 is 10.1 Å². The second-order valence-electron chi connectivity index (χ2n) is 6.68. The number of benzene rings is 2. The average molecular weight is 556 g/mol. The maximum atomic E-state index is 12.5. The molecule has 2 aromatic carbocycles. The van der Waals surface area contributed by atoms with Crippen LogP contribution in [0.25, 0.3) is 0 Å². The lowest BCUT2D eigenvalue weighted by atomic mass is 10.2. The van der Waals surface area contributed by atoms with Crippen molar-refractivity contribution in [3.63, 3.8) is 0 Å². The van der Waals surface area contributed by atoms with E-state index in [1.54, 1.807) is 59.4 Å². The molecule has 0 unspecified atom stereocenters. The van der Waals surface area contributed by atoms with Crippen LogP contribution in [-0.2, 0) is 13.2 Å². The van der Waals surface area contributed by atoms with Crippen molar-refractivity contribution in [2.75, 3.05) is 5.32 Å². The smallest absolute Gasteiger partial charge is 0.292 e. The van der Waals surface area contributed by atoms with Gasteiger partial charge in [0.05, 0.1) is 11.6 Å². The summed E-state index contributed by atoms with van der Waals surface area (Å²) in [4.78, 5) is 12.5. The van der Waals surface area contributed by atoms with E-state index in [4.69, 9.17) is 44.0 Å². The Morgan fingerprint density at radius 3 is 2.59 bits per heavy atom. The van der Waals surface area contributed by atoms with Crippen LogP contribution in [0.1, 0.15) is 21.9 Å². The van der Waals surface area contributed by atoms with E-state index in [-0.39, 0.29) is 12.4 Å². The molecule has 4 rings (SSSR count). The Morgan fingerprint density at radius 1 is 1.06 bits per heavy atom. The average Bonchev–Trinajstić information content (AvgIpc) is 3.40. The Bertz CT molecular complexity index is 1250. The van der Waals surface area contributed by atoms with Crippen molar-refractivity contribution in [1.82, 2.24) is 9.78 Å². The van der Waals surface area contributed by atoms with Gasteiger partial charge in [-0.1, -0.05) is 56.8 Å². The number of ether oxygens (including phenoxy) is 1. The molecule has 0 saturated heterocycles. The van der Waals surface area contributed by atoms with Crippen LogP contribution in [-0.4, -0.2) is 15.7 Å². The predicted octanol–water partition coefficient (Wildman–Crippen LogP) is 7.08. The number of anilines is 1. The summed E-state index contributed by atoms with van der Waals surface area (Å²) < 4.78 is 13.7. The predicted molar refractivity (Wildman–Crippen MR) is 128 cm³/mol. The number of nitrogens with one attached hydrogen (secondary N) is 1. The van der Waals surface area contributed by atoms with E-state index in [1.165, 1.54) is 0 Å². The summed E-state index contributed by atoms with van der Waals surface area (Å²) in [5.41, 5.74) is 0.748. The number of carbonyl (C=O) groups is 1. The fraction of sp³-hybridized carbons (Fsp3) is 0.0909. The third kappa shape index (κ3) is 5.48. The van der Waals surface area contributed by atoms with Crippen LogP contribution in [0, 0.1) is 0 Å². The number of nitrogens with zero attached hydrogens (tertiary/aromatic N) is 2. The summed E-state index contributed by atoms with van der Waals surface area (Å²) in [6.07, 6.45) is 1.72. The second-order valence-corrected chi connectivity index (χ2v) is 8.82. The molecule has 2 heterocycles. The monoisotopic (exact) mass is 553 g/mol. The molecule has 0 aliphatic carbocycles. The highest BCUT2D eigenvalue weighted by Crippen LogP contribution is 2.29. The Kier molecular flexibility index (Phi) is 7.10. The fourth-order valence-electron chi connectivity index (χ4n) is 2.86. The Morgan fingerprint density at radius 2 is 1.84 bits per heavy atom. The molecule has 2 aromatic heterocycles. The van der Waals surface area contributed by atoms with Gasteiger partial charge in [0, 0.05) is 32.3 Å². The molecule has 4 aromatic rings. The largest absolute Gasteiger partial charge is 0.484 e. The molecule has 0 spiro atoms. The Hall–Kier alpha value is -2.45. The molecule has 1 amide bonds. The van der Waals surface area contributed by atoms with E-state index in [2.05, 4.69) is 26.3 Å². The van der Waals surface area contributed by atoms with Gasteiger partial charge >= 0.3 is 0 Å². The Labute approximate surface area is 207 Å². The number of carbonyl (C=O) groups excluding carboxylic acids is 1. The number of hydrogen-bond acceptors (Lipinski definition) is 4. The molecule has 6 nitrogen and oxygen atoms in total. The highest BCUT2D eigenvalue weighted by molar-refractivity contribution is 9.10. The van der Waals surface area contributed by atoms with Crippen LogP contribution >= 0.6 is 50.7 Å². The third-order valence-electron chi connectivity index (χ3n) is 4.41. The van der Waals surface area contributed by atoms with Gasteiger partial charge in [0.1, 0.15) is 18.1 Å². The molecule has 0 saturated carbocycles. The van der Waals surface area contributed by atoms with E-state index >= 15 is 0 Å². The molecule has 0 aliphatic heterocycles. The van der Waals surface area contributed by atoms with Crippen LogP contribution in [0.2, 0.25) is 15.1 Å². The lowest BCUT2D eigenvalue weighted by Crippen LogP contribution is -2.12. The quantitative estimate of drug-likeness (QED) is 0.265. The molecule has 0 fully saturated rings.